The van der Waals surface area contributed by atoms with Gasteiger partial charge in [-0.2, -0.15) is 10.5 Å². The second kappa shape index (κ2) is 8.08. The van der Waals surface area contributed by atoms with Crippen molar-refractivity contribution in [3.63, 3.8) is 0 Å². The van der Waals surface area contributed by atoms with Gasteiger partial charge in [0.05, 0.1) is 11.4 Å². The first-order valence-corrected chi connectivity index (χ1v) is 8.26. The molecule has 0 bridgehead atoms. The summed E-state index contributed by atoms with van der Waals surface area (Å²) in [6.45, 7) is 10.1. The Morgan fingerprint density at radius 2 is 1.64 bits per heavy atom. The van der Waals surface area contributed by atoms with Gasteiger partial charge in [-0.3, -0.25) is 0 Å². The van der Waals surface area contributed by atoms with Gasteiger partial charge in [-0.05, 0) is 57.0 Å². The summed E-state index contributed by atoms with van der Waals surface area (Å²) in [4.78, 5) is 10.7. The molecule has 0 saturated carbocycles. The molecule has 0 aliphatic carbocycles. The van der Waals surface area contributed by atoms with Gasteiger partial charge in [0.15, 0.2) is 11.4 Å². The predicted octanol–water partition coefficient (Wildman–Crippen LogP) is 3.85. The fraction of sp³-hybridized carbons (Fsp3) is 0.300. The van der Waals surface area contributed by atoms with Gasteiger partial charge >= 0.3 is 0 Å². The third-order valence-corrected chi connectivity index (χ3v) is 4.12. The lowest BCUT2D eigenvalue weighted by molar-refractivity contribution is 0.865. The molecule has 0 aliphatic rings. The SMILES string of the molecule is CCN(CC)c1ccc(/C=C/c2nc(C#N)c(C#N)nc2C)c(C)c1. The minimum Gasteiger partial charge on any atom is -0.372 e. The van der Waals surface area contributed by atoms with Crippen LogP contribution in [0.25, 0.3) is 12.2 Å². The van der Waals surface area contributed by atoms with Crippen LogP contribution in [0.2, 0.25) is 0 Å². The van der Waals surface area contributed by atoms with Crippen molar-refractivity contribution in [3.05, 3.63) is 52.1 Å². The molecule has 2 rings (SSSR count). The third-order valence-electron chi connectivity index (χ3n) is 4.12. The van der Waals surface area contributed by atoms with Crippen LogP contribution in [0, 0.1) is 36.5 Å². The topological polar surface area (TPSA) is 76.6 Å². The second-order valence-electron chi connectivity index (χ2n) is 5.66. The smallest absolute Gasteiger partial charge is 0.177 e. The molecule has 0 radical (unpaired) electrons. The summed E-state index contributed by atoms with van der Waals surface area (Å²) in [5.41, 5.74) is 4.81. The van der Waals surface area contributed by atoms with E-state index < -0.39 is 0 Å². The van der Waals surface area contributed by atoms with Crippen molar-refractivity contribution >= 4 is 17.8 Å². The van der Waals surface area contributed by atoms with E-state index in [1.54, 1.807) is 6.92 Å². The average molecular weight is 331 g/mol. The summed E-state index contributed by atoms with van der Waals surface area (Å²) in [6, 6.07) is 10.2. The molecule has 1 aromatic carbocycles. The Hall–Kier alpha value is -3.18. The minimum absolute atomic E-state index is 0.0568. The first-order chi connectivity index (χ1) is 12.0. The van der Waals surface area contributed by atoms with Crippen LogP contribution in [-0.2, 0) is 0 Å². The van der Waals surface area contributed by atoms with Gasteiger partial charge in [-0.25, -0.2) is 9.97 Å². The molecule has 25 heavy (non-hydrogen) atoms. The number of anilines is 1. The fourth-order valence-corrected chi connectivity index (χ4v) is 2.65. The molecular formula is C20H21N5. The molecule has 0 saturated heterocycles. The molecule has 0 amide bonds. The third kappa shape index (κ3) is 4.02. The number of aromatic nitrogens is 2. The molecule has 0 unspecified atom stereocenters. The maximum absolute atomic E-state index is 9.09. The minimum atomic E-state index is 0.0568. The highest BCUT2D eigenvalue weighted by atomic mass is 15.1. The second-order valence-corrected chi connectivity index (χ2v) is 5.66. The molecule has 0 N–H and O–H groups in total. The van der Waals surface area contributed by atoms with Gasteiger partial charge in [-0.1, -0.05) is 12.1 Å². The summed E-state index contributed by atoms with van der Waals surface area (Å²) < 4.78 is 0. The summed E-state index contributed by atoms with van der Waals surface area (Å²) in [5.74, 6) is 0. The number of nitrogens with zero attached hydrogens (tertiary/aromatic N) is 5. The molecule has 0 atom stereocenters. The van der Waals surface area contributed by atoms with Gasteiger partial charge in [-0.15, -0.1) is 0 Å². The molecule has 0 fully saturated rings. The standard InChI is InChI=1S/C20H21N5/c1-5-25(6-2)17-9-7-16(14(3)11-17)8-10-18-15(4)23-19(12-21)20(13-22)24-18/h7-11H,5-6H2,1-4H3/b10-8+. The fourth-order valence-electron chi connectivity index (χ4n) is 2.65. The maximum atomic E-state index is 9.09. The van der Waals surface area contributed by atoms with Crippen molar-refractivity contribution in [1.82, 2.24) is 9.97 Å². The maximum Gasteiger partial charge on any atom is 0.177 e. The summed E-state index contributed by atoms with van der Waals surface area (Å²) in [7, 11) is 0. The number of nitriles is 2. The molecule has 0 spiro atoms. The van der Waals surface area contributed by atoms with E-state index in [0.29, 0.717) is 11.4 Å². The van der Waals surface area contributed by atoms with Crippen molar-refractivity contribution in [2.45, 2.75) is 27.7 Å². The lowest BCUT2D eigenvalue weighted by Crippen LogP contribution is -2.21. The van der Waals surface area contributed by atoms with Crippen LogP contribution in [-0.4, -0.2) is 23.1 Å². The summed E-state index contributed by atoms with van der Waals surface area (Å²) in [5, 5.41) is 18.1. The Bertz CT molecular complexity index is 880. The highest BCUT2D eigenvalue weighted by molar-refractivity contribution is 5.72. The molecule has 5 heteroatoms. The summed E-state index contributed by atoms with van der Waals surface area (Å²) >= 11 is 0. The van der Waals surface area contributed by atoms with E-state index >= 15 is 0 Å². The Morgan fingerprint density at radius 1 is 1.00 bits per heavy atom. The van der Waals surface area contributed by atoms with Gasteiger partial charge in [0.25, 0.3) is 0 Å². The predicted molar refractivity (Wildman–Crippen MR) is 99.9 cm³/mol. The molecule has 5 nitrogen and oxygen atoms in total. The molecular weight excluding hydrogens is 310 g/mol. The zero-order chi connectivity index (χ0) is 18.4. The Labute approximate surface area is 148 Å². The number of hydrogen-bond acceptors (Lipinski definition) is 5. The van der Waals surface area contributed by atoms with E-state index in [-0.39, 0.29) is 11.4 Å². The van der Waals surface area contributed by atoms with Crippen LogP contribution < -0.4 is 4.90 Å². The molecule has 2 aromatic rings. The Kier molecular flexibility index (Phi) is 5.87. The van der Waals surface area contributed by atoms with E-state index in [4.69, 9.17) is 10.5 Å². The van der Waals surface area contributed by atoms with Crippen molar-refractivity contribution < 1.29 is 0 Å². The van der Waals surface area contributed by atoms with Crippen molar-refractivity contribution in [2.75, 3.05) is 18.0 Å². The first kappa shape index (κ1) is 18.2. The van der Waals surface area contributed by atoms with Gasteiger partial charge in [0, 0.05) is 18.8 Å². The van der Waals surface area contributed by atoms with Gasteiger partial charge in [0.2, 0.25) is 0 Å². The Balaban J connectivity index is 2.34. The van der Waals surface area contributed by atoms with Crippen molar-refractivity contribution in [1.29, 1.82) is 10.5 Å². The number of benzene rings is 1. The number of aryl methyl sites for hydroxylation is 2. The van der Waals surface area contributed by atoms with Gasteiger partial charge < -0.3 is 4.90 Å². The van der Waals surface area contributed by atoms with Crippen LogP contribution >= 0.6 is 0 Å². The van der Waals surface area contributed by atoms with E-state index in [9.17, 15) is 0 Å². The van der Waals surface area contributed by atoms with E-state index in [0.717, 1.165) is 18.7 Å². The monoisotopic (exact) mass is 331 g/mol. The zero-order valence-electron chi connectivity index (χ0n) is 15.0. The zero-order valence-corrected chi connectivity index (χ0v) is 15.0. The van der Waals surface area contributed by atoms with Crippen molar-refractivity contribution in [2.24, 2.45) is 0 Å². The number of hydrogen-bond donors (Lipinski definition) is 0. The number of rotatable bonds is 5. The van der Waals surface area contributed by atoms with Crippen molar-refractivity contribution in [3.8, 4) is 12.1 Å². The average Bonchev–Trinajstić information content (AvgIpc) is 2.62. The largest absolute Gasteiger partial charge is 0.372 e. The van der Waals surface area contributed by atoms with E-state index in [2.05, 4.69) is 53.8 Å². The Morgan fingerprint density at radius 3 is 2.20 bits per heavy atom. The van der Waals surface area contributed by atoms with Crippen LogP contribution in [0.5, 0.6) is 0 Å². The first-order valence-electron chi connectivity index (χ1n) is 8.26. The summed E-state index contributed by atoms with van der Waals surface area (Å²) in [6.07, 6.45) is 3.80. The molecule has 1 aromatic heterocycles. The van der Waals surface area contributed by atoms with Crippen LogP contribution in [0.1, 0.15) is 47.8 Å². The van der Waals surface area contributed by atoms with Gasteiger partial charge in [0.1, 0.15) is 12.1 Å². The normalized spacial score (nSPS) is 10.5. The lowest BCUT2D eigenvalue weighted by Gasteiger charge is -2.21. The van der Waals surface area contributed by atoms with Crippen LogP contribution in [0.3, 0.4) is 0 Å². The molecule has 1 heterocycles. The highest BCUT2D eigenvalue weighted by Crippen LogP contribution is 2.21. The van der Waals surface area contributed by atoms with E-state index in [1.807, 2.05) is 24.3 Å². The van der Waals surface area contributed by atoms with Crippen LogP contribution in [0.15, 0.2) is 18.2 Å². The quantitative estimate of drug-likeness (QED) is 0.831. The molecule has 0 aliphatic heterocycles. The van der Waals surface area contributed by atoms with E-state index in [1.165, 1.54) is 11.3 Å². The lowest BCUT2D eigenvalue weighted by atomic mass is 10.1. The molecule has 126 valence electrons. The van der Waals surface area contributed by atoms with Crippen LogP contribution in [0.4, 0.5) is 5.69 Å². The highest BCUT2D eigenvalue weighted by Gasteiger charge is 2.09.